The van der Waals surface area contributed by atoms with Crippen LogP contribution in [0, 0.1) is 5.92 Å². The molecule has 0 aromatic carbocycles. The Morgan fingerprint density at radius 3 is 2.75 bits per heavy atom. The first-order valence-corrected chi connectivity index (χ1v) is 7.81. The Bertz CT molecular complexity index is 266. The minimum Gasteiger partial charge on any atom is -0.501 e. The SMILES string of the molecule is C(OCC1CC2CCC1S2)=C1CCCCC1. The van der Waals surface area contributed by atoms with Crippen molar-refractivity contribution in [2.24, 2.45) is 5.92 Å². The van der Waals surface area contributed by atoms with Gasteiger partial charge in [-0.3, -0.25) is 0 Å². The van der Waals surface area contributed by atoms with E-state index in [9.17, 15) is 0 Å². The Morgan fingerprint density at radius 1 is 1.19 bits per heavy atom. The van der Waals surface area contributed by atoms with Crippen molar-refractivity contribution < 1.29 is 4.74 Å². The van der Waals surface area contributed by atoms with Crippen LogP contribution in [0.15, 0.2) is 11.8 Å². The molecule has 3 atom stereocenters. The van der Waals surface area contributed by atoms with Gasteiger partial charge in [-0.05, 0) is 50.5 Å². The van der Waals surface area contributed by atoms with E-state index in [0.717, 1.165) is 23.0 Å². The molecule has 1 aliphatic carbocycles. The van der Waals surface area contributed by atoms with Crippen LogP contribution in [0.25, 0.3) is 0 Å². The zero-order valence-electron chi connectivity index (χ0n) is 9.99. The maximum Gasteiger partial charge on any atom is 0.0912 e. The number of hydrogen-bond acceptors (Lipinski definition) is 2. The molecule has 3 aliphatic rings. The Labute approximate surface area is 103 Å². The maximum absolute atomic E-state index is 5.83. The molecule has 90 valence electrons. The Morgan fingerprint density at radius 2 is 2.06 bits per heavy atom. The molecule has 0 amide bonds. The van der Waals surface area contributed by atoms with Crippen molar-refractivity contribution in [3.63, 3.8) is 0 Å². The van der Waals surface area contributed by atoms with E-state index in [-0.39, 0.29) is 0 Å². The van der Waals surface area contributed by atoms with E-state index in [2.05, 4.69) is 18.0 Å². The number of rotatable bonds is 3. The van der Waals surface area contributed by atoms with Crippen molar-refractivity contribution in [1.82, 2.24) is 0 Å². The normalized spacial score (nSPS) is 37.8. The van der Waals surface area contributed by atoms with Gasteiger partial charge < -0.3 is 4.74 Å². The highest BCUT2D eigenvalue weighted by Gasteiger charge is 2.40. The summed E-state index contributed by atoms with van der Waals surface area (Å²) in [4.78, 5) is 0. The molecule has 3 fully saturated rings. The van der Waals surface area contributed by atoms with Crippen LogP contribution in [0.3, 0.4) is 0 Å². The second-order valence-corrected chi connectivity index (χ2v) is 7.08. The van der Waals surface area contributed by atoms with Crippen molar-refractivity contribution in [2.75, 3.05) is 6.61 Å². The quantitative estimate of drug-likeness (QED) is 0.684. The summed E-state index contributed by atoms with van der Waals surface area (Å²) in [6.45, 7) is 0.984. The van der Waals surface area contributed by atoms with Gasteiger partial charge in [0, 0.05) is 16.4 Å². The third kappa shape index (κ3) is 2.42. The lowest BCUT2D eigenvalue weighted by Gasteiger charge is -2.20. The van der Waals surface area contributed by atoms with E-state index in [1.54, 1.807) is 5.57 Å². The smallest absolute Gasteiger partial charge is 0.0912 e. The third-order valence-corrected chi connectivity index (χ3v) is 6.07. The van der Waals surface area contributed by atoms with Crippen molar-refractivity contribution >= 4 is 11.8 Å². The van der Waals surface area contributed by atoms with Crippen LogP contribution in [-0.2, 0) is 4.74 Å². The lowest BCUT2D eigenvalue weighted by Crippen LogP contribution is -2.20. The predicted molar refractivity (Wildman–Crippen MR) is 69.6 cm³/mol. The number of ether oxygens (including phenoxy) is 1. The second-order valence-electron chi connectivity index (χ2n) is 5.54. The van der Waals surface area contributed by atoms with Crippen LogP contribution >= 0.6 is 11.8 Å². The third-order valence-electron chi connectivity index (χ3n) is 4.29. The molecule has 0 N–H and O–H groups in total. The largest absolute Gasteiger partial charge is 0.501 e. The van der Waals surface area contributed by atoms with Crippen LogP contribution in [0.5, 0.6) is 0 Å². The fourth-order valence-electron chi connectivity index (χ4n) is 3.33. The zero-order valence-corrected chi connectivity index (χ0v) is 10.8. The average Bonchev–Trinajstić information content (AvgIpc) is 2.92. The summed E-state index contributed by atoms with van der Waals surface area (Å²) in [5, 5.41) is 1.90. The predicted octanol–water partition coefficient (Wildman–Crippen LogP) is 4.14. The van der Waals surface area contributed by atoms with Gasteiger partial charge in [-0.15, -0.1) is 0 Å². The summed E-state index contributed by atoms with van der Waals surface area (Å²) in [6.07, 6.45) is 13.1. The molecule has 16 heavy (non-hydrogen) atoms. The molecule has 3 unspecified atom stereocenters. The first-order valence-electron chi connectivity index (χ1n) is 6.87. The highest BCUT2D eigenvalue weighted by molar-refractivity contribution is 8.01. The first-order chi connectivity index (χ1) is 7.92. The van der Waals surface area contributed by atoms with Gasteiger partial charge in [0.05, 0.1) is 12.9 Å². The molecule has 2 aliphatic heterocycles. The van der Waals surface area contributed by atoms with Gasteiger partial charge in [-0.25, -0.2) is 0 Å². The topological polar surface area (TPSA) is 9.23 Å². The van der Waals surface area contributed by atoms with Gasteiger partial charge in [-0.1, -0.05) is 6.42 Å². The molecule has 3 rings (SSSR count). The van der Waals surface area contributed by atoms with E-state index in [0.29, 0.717) is 0 Å². The molecule has 0 aromatic heterocycles. The lowest BCUT2D eigenvalue weighted by atomic mass is 9.90. The van der Waals surface area contributed by atoms with E-state index < -0.39 is 0 Å². The number of hydrogen-bond donors (Lipinski definition) is 0. The van der Waals surface area contributed by atoms with Crippen LogP contribution in [0.2, 0.25) is 0 Å². The summed E-state index contributed by atoms with van der Waals surface area (Å²) < 4.78 is 5.83. The molecular weight excluding hydrogens is 216 g/mol. The Balaban J connectivity index is 1.43. The van der Waals surface area contributed by atoms with Gasteiger partial charge >= 0.3 is 0 Å². The maximum atomic E-state index is 5.83. The molecule has 0 aromatic rings. The van der Waals surface area contributed by atoms with Crippen molar-refractivity contribution in [3.8, 4) is 0 Å². The Hall–Kier alpha value is -0.110. The van der Waals surface area contributed by atoms with E-state index >= 15 is 0 Å². The summed E-state index contributed by atoms with van der Waals surface area (Å²) >= 11 is 2.22. The number of thioether (sulfide) groups is 1. The average molecular weight is 238 g/mol. The Kier molecular flexibility index (Phi) is 3.46. The highest BCUT2D eigenvalue weighted by atomic mass is 32.2. The molecule has 2 bridgehead atoms. The van der Waals surface area contributed by atoms with Crippen molar-refractivity contribution in [2.45, 2.75) is 61.9 Å². The molecule has 1 saturated carbocycles. The molecule has 2 saturated heterocycles. The summed E-state index contributed by atoms with van der Waals surface area (Å²) in [6, 6.07) is 0. The molecule has 2 heteroatoms. The van der Waals surface area contributed by atoms with E-state index in [4.69, 9.17) is 4.74 Å². The summed E-state index contributed by atoms with van der Waals surface area (Å²) in [5.74, 6) is 0.851. The van der Waals surface area contributed by atoms with Gasteiger partial charge in [0.1, 0.15) is 0 Å². The van der Waals surface area contributed by atoms with E-state index in [1.165, 1.54) is 51.4 Å². The highest BCUT2D eigenvalue weighted by Crippen LogP contribution is 2.49. The van der Waals surface area contributed by atoms with Crippen LogP contribution in [0.1, 0.15) is 51.4 Å². The minimum atomic E-state index is 0.851. The van der Waals surface area contributed by atoms with Crippen LogP contribution in [0.4, 0.5) is 0 Å². The van der Waals surface area contributed by atoms with Crippen molar-refractivity contribution in [1.29, 1.82) is 0 Å². The molecule has 0 radical (unpaired) electrons. The van der Waals surface area contributed by atoms with Crippen molar-refractivity contribution in [3.05, 3.63) is 11.8 Å². The van der Waals surface area contributed by atoms with Crippen LogP contribution < -0.4 is 0 Å². The lowest BCUT2D eigenvalue weighted by molar-refractivity contribution is 0.176. The molecular formula is C14H22OS. The fourth-order valence-corrected chi connectivity index (χ4v) is 5.14. The van der Waals surface area contributed by atoms with E-state index in [1.807, 2.05) is 0 Å². The zero-order chi connectivity index (χ0) is 10.8. The number of allylic oxidation sites excluding steroid dienone is 1. The molecule has 1 nitrogen and oxygen atoms in total. The minimum absolute atomic E-state index is 0.851. The first kappa shape index (κ1) is 11.0. The van der Waals surface area contributed by atoms with Gasteiger partial charge in [0.15, 0.2) is 0 Å². The van der Waals surface area contributed by atoms with Gasteiger partial charge in [0.2, 0.25) is 0 Å². The molecule has 2 heterocycles. The summed E-state index contributed by atoms with van der Waals surface area (Å²) in [7, 11) is 0. The van der Waals surface area contributed by atoms with Gasteiger partial charge in [0.25, 0.3) is 0 Å². The molecule has 0 spiro atoms. The standard InChI is InChI=1S/C14H22OS/c1-2-4-11(5-3-1)9-15-10-12-8-13-6-7-14(12)16-13/h9,12-14H,1-8,10H2. The number of fused-ring (bicyclic) bond motifs is 2. The second kappa shape index (κ2) is 5.03. The summed E-state index contributed by atoms with van der Waals surface area (Å²) in [5.41, 5.74) is 1.56. The van der Waals surface area contributed by atoms with Gasteiger partial charge in [-0.2, -0.15) is 11.8 Å². The monoisotopic (exact) mass is 238 g/mol. The fraction of sp³-hybridized carbons (Fsp3) is 0.857. The van der Waals surface area contributed by atoms with Crippen LogP contribution in [-0.4, -0.2) is 17.1 Å².